The molecule has 0 aliphatic rings. The largest absolute Gasteiger partial charge is 0.327 e. The molecule has 63 valence electrons. The first-order valence-electron chi connectivity index (χ1n) is 3.36. The van der Waals surface area contributed by atoms with Crippen molar-refractivity contribution in [1.82, 2.24) is 9.97 Å². The van der Waals surface area contributed by atoms with Crippen LogP contribution in [0.4, 0.5) is 0 Å². The van der Waals surface area contributed by atoms with E-state index in [2.05, 4.69) is 9.97 Å². The molecule has 1 aromatic heterocycles. The first-order chi connectivity index (χ1) is 5.77. The predicted octanol–water partition coefficient (Wildman–Crippen LogP) is 0.526. The van der Waals surface area contributed by atoms with E-state index in [0.717, 1.165) is 11.0 Å². The van der Waals surface area contributed by atoms with Crippen LogP contribution < -0.4 is 0 Å². The van der Waals surface area contributed by atoms with E-state index in [-0.39, 0.29) is 34.3 Å². The van der Waals surface area contributed by atoms with Gasteiger partial charge in [-0.15, -0.1) is 0 Å². The van der Waals surface area contributed by atoms with Crippen molar-refractivity contribution in [2.75, 3.05) is 0 Å². The maximum atomic E-state index is 10.5. The van der Waals surface area contributed by atoms with Gasteiger partial charge >= 0.3 is 0 Å². The van der Waals surface area contributed by atoms with Crippen molar-refractivity contribution in [3.8, 4) is 0 Å². The fourth-order valence-corrected chi connectivity index (χ4v) is 1.45. The first-order valence-corrected chi connectivity index (χ1v) is 4.44. The number of hydrogen-bond donors (Lipinski definition) is 2. The molecule has 13 heavy (non-hydrogen) atoms. The molecule has 1 aromatic carbocycles. The Kier molecular flexibility index (Phi) is 3.38. The number of fused-ring (bicyclic) bond motifs is 1. The van der Waals surface area contributed by atoms with Crippen molar-refractivity contribution >= 4 is 50.9 Å². The second-order valence-corrected chi connectivity index (χ2v) is 3.24. The van der Waals surface area contributed by atoms with Gasteiger partial charge in [-0.2, -0.15) is 8.42 Å². The standard InChI is InChI=1S/C7H6N2O2S.Na/c10-12(11)7-8-5-3-1-2-4-6(5)9-7;/h1-4,8-9H;. The number of aromatic amines is 2. The third-order valence-corrected chi connectivity index (χ3v) is 2.13. The van der Waals surface area contributed by atoms with Gasteiger partial charge in [0.25, 0.3) is 10.3 Å². The van der Waals surface area contributed by atoms with Crippen LogP contribution in [-0.4, -0.2) is 47.9 Å². The quantitative estimate of drug-likeness (QED) is 0.486. The van der Waals surface area contributed by atoms with Crippen molar-refractivity contribution in [3.05, 3.63) is 29.0 Å². The summed E-state index contributed by atoms with van der Waals surface area (Å²) in [5, 5.41) is 0. The molecule has 2 N–H and O–H groups in total. The summed E-state index contributed by atoms with van der Waals surface area (Å²) < 4.78 is 21.1. The van der Waals surface area contributed by atoms with Crippen molar-refractivity contribution in [1.29, 1.82) is 0 Å². The van der Waals surface area contributed by atoms with Crippen LogP contribution in [0.1, 0.15) is 0 Å². The van der Waals surface area contributed by atoms with E-state index in [1.54, 1.807) is 0 Å². The number of rotatable bonds is 0. The number of H-pyrrole nitrogens is 2. The van der Waals surface area contributed by atoms with Gasteiger partial charge in [0.15, 0.2) is 0 Å². The summed E-state index contributed by atoms with van der Waals surface area (Å²) >= 11 is 0. The van der Waals surface area contributed by atoms with Gasteiger partial charge < -0.3 is 9.97 Å². The van der Waals surface area contributed by atoms with Gasteiger partial charge in [0.05, 0.1) is 11.0 Å². The summed E-state index contributed by atoms with van der Waals surface area (Å²) in [5.41, 5.74) is 1.58. The van der Waals surface area contributed by atoms with Crippen LogP contribution in [-0.2, 0) is 10.3 Å². The van der Waals surface area contributed by atoms with Crippen LogP contribution in [0, 0.1) is 4.77 Å². The Morgan fingerprint density at radius 1 is 1.00 bits per heavy atom. The van der Waals surface area contributed by atoms with E-state index in [4.69, 9.17) is 0 Å². The molecule has 0 aliphatic carbocycles. The zero-order valence-electron chi connectivity index (χ0n) is 7.03. The molecule has 0 spiro atoms. The molecule has 0 unspecified atom stereocenters. The molecule has 4 nitrogen and oxygen atoms in total. The average molecular weight is 205 g/mol. The SMILES string of the molecule is O=S(=O)=c1[nH]c2ccccc2[nH]1.[Na]. The first kappa shape index (κ1) is 10.6. The number of para-hydroxylation sites is 2. The number of hydrogen-bond acceptors (Lipinski definition) is 2. The maximum Gasteiger partial charge on any atom is 0.256 e. The predicted molar refractivity (Wildman–Crippen MR) is 50.6 cm³/mol. The second kappa shape index (κ2) is 4.15. The van der Waals surface area contributed by atoms with Gasteiger partial charge in [-0.1, -0.05) is 12.1 Å². The second-order valence-electron chi connectivity index (χ2n) is 2.36. The Bertz CT molecular complexity index is 538. The zero-order valence-corrected chi connectivity index (χ0v) is 9.85. The van der Waals surface area contributed by atoms with Crippen LogP contribution in [0.5, 0.6) is 0 Å². The fourth-order valence-electron chi connectivity index (χ4n) is 1.06. The Hall–Kier alpha value is -0.490. The van der Waals surface area contributed by atoms with E-state index in [1.165, 1.54) is 0 Å². The van der Waals surface area contributed by atoms with Crippen molar-refractivity contribution in [2.45, 2.75) is 0 Å². The minimum Gasteiger partial charge on any atom is -0.327 e. The summed E-state index contributed by atoms with van der Waals surface area (Å²) in [4.78, 5) is 5.45. The summed E-state index contributed by atoms with van der Waals surface area (Å²) in [5.74, 6) is 0. The van der Waals surface area contributed by atoms with E-state index < -0.39 is 10.3 Å². The molecular formula is C7H6N2NaO2S. The van der Waals surface area contributed by atoms with Crippen LogP contribution in [0.3, 0.4) is 0 Å². The molecule has 1 heterocycles. The van der Waals surface area contributed by atoms with Gasteiger partial charge in [0, 0.05) is 29.6 Å². The molecule has 6 heteroatoms. The molecule has 0 saturated carbocycles. The van der Waals surface area contributed by atoms with Gasteiger partial charge in [0.1, 0.15) is 0 Å². The molecular weight excluding hydrogens is 199 g/mol. The monoisotopic (exact) mass is 205 g/mol. The number of nitrogens with one attached hydrogen (secondary N) is 2. The fraction of sp³-hybridized carbons (Fsp3) is 0. The molecule has 2 aromatic rings. The molecule has 0 fully saturated rings. The number of benzene rings is 1. The van der Waals surface area contributed by atoms with E-state index in [0.29, 0.717) is 0 Å². The topological polar surface area (TPSA) is 65.7 Å². The zero-order chi connectivity index (χ0) is 8.55. The van der Waals surface area contributed by atoms with E-state index in [1.807, 2.05) is 24.3 Å². The van der Waals surface area contributed by atoms with E-state index >= 15 is 0 Å². The van der Waals surface area contributed by atoms with Gasteiger partial charge in [-0.3, -0.25) is 0 Å². The third-order valence-electron chi connectivity index (χ3n) is 1.59. The third kappa shape index (κ3) is 2.05. The minimum atomic E-state index is -2.22. The maximum absolute atomic E-state index is 10.5. The molecule has 0 saturated heterocycles. The molecule has 0 amide bonds. The Balaban J connectivity index is 0.000000845. The van der Waals surface area contributed by atoms with Gasteiger partial charge in [-0.05, 0) is 12.1 Å². The van der Waals surface area contributed by atoms with Gasteiger partial charge in [-0.25, -0.2) is 0 Å². The summed E-state index contributed by atoms with van der Waals surface area (Å²) in [6.45, 7) is 0. The van der Waals surface area contributed by atoms with Gasteiger partial charge in [0.2, 0.25) is 4.77 Å². The normalized spacial score (nSPS) is 9.54. The smallest absolute Gasteiger partial charge is 0.256 e. The number of imidazole rings is 1. The number of aromatic nitrogens is 2. The Morgan fingerprint density at radius 2 is 1.46 bits per heavy atom. The molecule has 2 rings (SSSR count). The Morgan fingerprint density at radius 3 is 1.85 bits per heavy atom. The van der Waals surface area contributed by atoms with Crippen LogP contribution in [0.2, 0.25) is 0 Å². The van der Waals surface area contributed by atoms with Crippen molar-refractivity contribution in [3.63, 3.8) is 0 Å². The molecule has 0 bridgehead atoms. The average Bonchev–Trinajstić information content (AvgIpc) is 2.46. The summed E-state index contributed by atoms with van der Waals surface area (Å²) in [7, 11) is -2.22. The summed E-state index contributed by atoms with van der Waals surface area (Å²) in [6, 6.07) is 7.29. The van der Waals surface area contributed by atoms with Crippen molar-refractivity contribution < 1.29 is 8.42 Å². The minimum absolute atomic E-state index is 0. The van der Waals surface area contributed by atoms with Crippen LogP contribution in [0.25, 0.3) is 11.0 Å². The van der Waals surface area contributed by atoms with E-state index in [9.17, 15) is 8.42 Å². The summed E-state index contributed by atoms with van der Waals surface area (Å²) in [6.07, 6.45) is 0. The van der Waals surface area contributed by atoms with Crippen LogP contribution >= 0.6 is 0 Å². The van der Waals surface area contributed by atoms with Crippen molar-refractivity contribution in [2.24, 2.45) is 0 Å². The molecule has 0 atom stereocenters. The van der Waals surface area contributed by atoms with Crippen LogP contribution in [0.15, 0.2) is 24.3 Å². The Labute approximate surface area is 97.8 Å². The molecule has 1 radical (unpaired) electrons. The molecule has 0 aliphatic heterocycles.